The van der Waals surface area contributed by atoms with E-state index in [9.17, 15) is 19.8 Å². The van der Waals surface area contributed by atoms with Crippen LogP contribution < -0.4 is 15.8 Å². The van der Waals surface area contributed by atoms with Crippen molar-refractivity contribution in [3.8, 4) is 11.5 Å². The molecule has 8 nitrogen and oxygen atoms in total. The summed E-state index contributed by atoms with van der Waals surface area (Å²) in [6, 6.07) is 11.5. The van der Waals surface area contributed by atoms with Crippen LogP contribution in [-0.4, -0.2) is 47.1 Å². The summed E-state index contributed by atoms with van der Waals surface area (Å²) in [5.74, 6) is 0.674. The molecule has 1 aromatic heterocycles. The summed E-state index contributed by atoms with van der Waals surface area (Å²) in [7, 11) is 1.95. The molecule has 0 bridgehead atoms. The third-order valence-corrected chi connectivity index (χ3v) is 7.59. The minimum Gasteiger partial charge on any atom is -0.504 e. The molecule has 0 spiro atoms. The van der Waals surface area contributed by atoms with E-state index in [2.05, 4.69) is 49.3 Å². The highest BCUT2D eigenvalue weighted by molar-refractivity contribution is 6.06. The number of hydrogen-bond donors (Lipinski definition) is 4. The van der Waals surface area contributed by atoms with Gasteiger partial charge in [0.2, 0.25) is 0 Å². The number of nitrogens with zero attached hydrogens (tertiary/aromatic N) is 1. The zero-order valence-electron chi connectivity index (χ0n) is 26.5. The number of pyridine rings is 1. The predicted octanol–water partition coefficient (Wildman–Crippen LogP) is 5.84. The number of carbonyl (C=O) groups is 2. The molecule has 1 unspecified atom stereocenters. The van der Waals surface area contributed by atoms with E-state index in [0.717, 1.165) is 54.5 Å². The van der Waals surface area contributed by atoms with Crippen molar-refractivity contribution >= 4 is 23.5 Å². The summed E-state index contributed by atoms with van der Waals surface area (Å²) in [5.41, 5.74) is 12.9. The summed E-state index contributed by atoms with van der Waals surface area (Å²) < 4.78 is 5.17. The monoisotopic (exact) mass is 601 g/mol. The molecular weight excluding hydrogens is 554 g/mol. The Labute approximate surface area is 261 Å². The number of nitrogens with one attached hydrogen (secondary N) is 1. The fourth-order valence-corrected chi connectivity index (χ4v) is 5.51. The quantitative estimate of drug-likeness (QED) is 0.0618. The number of aryl methyl sites for hydroxylation is 2. The van der Waals surface area contributed by atoms with Crippen molar-refractivity contribution in [2.45, 2.75) is 72.1 Å². The maximum absolute atomic E-state index is 12.7. The first-order valence-corrected chi connectivity index (χ1v) is 15.3. The van der Waals surface area contributed by atoms with Crippen molar-refractivity contribution in [2.75, 3.05) is 26.1 Å². The second-order valence-corrected chi connectivity index (χ2v) is 11.8. The molecule has 5 N–H and O–H groups in total. The number of aromatic hydroxyl groups is 1. The molecule has 0 fully saturated rings. The fourth-order valence-electron chi connectivity index (χ4n) is 5.51. The maximum Gasteiger partial charge on any atom is 0.186 e. The van der Waals surface area contributed by atoms with Gasteiger partial charge in [0.1, 0.15) is 11.6 Å². The van der Waals surface area contributed by atoms with Crippen LogP contribution in [0.1, 0.15) is 84.4 Å². The zero-order valence-corrected chi connectivity index (χ0v) is 26.5. The van der Waals surface area contributed by atoms with Crippen molar-refractivity contribution in [3.63, 3.8) is 0 Å². The molecule has 0 amide bonds. The SMILES string of the molecule is CNCC(C)CCCCCC(=O)CC(=O)C=Cc1cc(OCO)c(O)cc1Cc1cnc(N)c(Cc2cc(C)cc(C)c2)c1. The average Bonchev–Trinajstić information content (AvgIpc) is 2.95. The maximum atomic E-state index is 12.7. The second-order valence-electron chi connectivity index (χ2n) is 11.8. The van der Waals surface area contributed by atoms with E-state index >= 15 is 0 Å². The van der Waals surface area contributed by atoms with Gasteiger partial charge in [-0.15, -0.1) is 0 Å². The van der Waals surface area contributed by atoms with Gasteiger partial charge in [-0.05, 0) is 105 Å². The summed E-state index contributed by atoms with van der Waals surface area (Å²) in [4.78, 5) is 29.5. The van der Waals surface area contributed by atoms with Crippen LogP contribution in [0.2, 0.25) is 0 Å². The lowest BCUT2D eigenvalue weighted by atomic mass is 9.96. The number of nitrogen functional groups attached to an aromatic ring is 1. The van der Waals surface area contributed by atoms with Crippen LogP contribution in [0.5, 0.6) is 11.5 Å². The molecule has 3 rings (SSSR count). The van der Waals surface area contributed by atoms with Gasteiger partial charge in [-0.2, -0.15) is 0 Å². The van der Waals surface area contributed by atoms with Gasteiger partial charge in [0, 0.05) is 19.0 Å². The molecule has 0 saturated heterocycles. The molecule has 236 valence electrons. The normalized spacial score (nSPS) is 12.0. The number of phenolic OH excluding ortho intramolecular Hbond substituents is 1. The standard InChI is InChI=1S/C36H47N3O5/c1-24(21-38-4)8-6-5-7-9-32(41)20-33(42)11-10-29-19-35(44-23-40)34(43)18-30(29)16-28-17-31(36(37)39-22-28)15-27-13-25(2)12-26(3)14-27/h10-14,17-19,22,24,38,40,43H,5-9,15-16,20-21,23H2,1-4H3,(H2,37,39). The van der Waals surface area contributed by atoms with Crippen molar-refractivity contribution in [3.05, 3.63) is 87.6 Å². The topological polar surface area (TPSA) is 135 Å². The van der Waals surface area contributed by atoms with Crippen molar-refractivity contribution in [1.29, 1.82) is 0 Å². The van der Waals surface area contributed by atoms with Gasteiger partial charge in [0.25, 0.3) is 0 Å². The van der Waals surface area contributed by atoms with E-state index < -0.39 is 6.79 Å². The highest BCUT2D eigenvalue weighted by atomic mass is 16.6. The van der Waals surface area contributed by atoms with Gasteiger partial charge >= 0.3 is 0 Å². The lowest BCUT2D eigenvalue weighted by molar-refractivity contribution is -0.124. The molecule has 0 saturated carbocycles. The number of rotatable bonds is 18. The third kappa shape index (κ3) is 11.2. The number of phenols is 1. The fraction of sp³-hybridized carbons (Fsp3) is 0.417. The number of aromatic nitrogens is 1. The first-order valence-electron chi connectivity index (χ1n) is 15.3. The Kier molecular flexibility index (Phi) is 13.6. The molecule has 1 heterocycles. The summed E-state index contributed by atoms with van der Waals surface area (Å²) in [5, 5.41) is 23.0. The van der Waals surface area contributed by atoms with Crippen LogP contribution >= 0.6 is 0 Å². The van der Waals surface area contributed by atoms with Crippen LogP contribution in [-0.2, 0) is 22.4 Å². The van der Waals surface area contributed by atoms with Gasteiger partial charge in [0.15, 0.2) is 24.1 Å². The Morgan fingerprint density at radius 1 is 1.00 bits per heavy atom. The largest absolute Gasteiger partial charge is 0.504 e. The second kappa shape index (κ2) is 17.3. The number of unbranched alkanes of at least 4 members (excludes halogenated alkanes) is 2. The highest BCUT2D eigenvalue weighted by Gasteiger charge is 2.13. The first kappa shape index (κ1) is 34.5. The molecule has 1 atom stereocenters. The highest BCUT2D eigenvalue weighted by Crippen LogP contribution is 2.32. The number of ketones is 2. The van der Waals surface area contributed by atoms with Gasteiger partial charge in [0.05, 0.1) is 6.42 Å². The number of aliphatic hydroxyl groups is 1. The van der Waals surface area contributed by atoms with E-state index in [1.165, 1.54) is 17.2 Å². The average molecular weight is 602 g/mol. The van der Waals surface area contributed by atoms with E-state index in [-0.39, 0.29) is 29.5 Å². The number of benzene rings is 2. The van der Waals surface area contributed by atoms with E-state index in [1.807, 2.05) is 13.1 Å². The Morgan fingerprint density at radius 3 is 2.43 bits per heavy atom. The van der Waals surface area contributed by atoms with Gasteiger partial charge in [-0.1, -0.05) is 55.2 Å². The summed E-state index contributed by atoms with van der Waals surface area (Å²) in [6.45, 7) is 6.72. The van der Waals surface area contributed by atoms with Crippen LogP contribution in [0.25, 0.3) is 6.08 Å². The Morgan fingerprint density at radius 2 is 1.73 bits per heavy atom. The molecular formula is C36H47N3O5. The van der Waals surface area contributed by atoms with Crippen LogP contribution in [0.4, 0.5) is 5.82 Å². The zero-order chi connectivity index (χ0) is 32.1. The summed E-state index contributed by atoms with van der Waals surface area (Å²) >= 11 is 0. The molecule has 8 heteroatoms. The Bertz CT molecular complexity index is 1430. The number of aliphatic hydroxyl groups excluding tert-OH is 1. The third-order valence-electron chi connectivity index (χ3n) is 7.59. The van der Waals surface area contributed by atoms with Gasteiger partial charge in [-0.25, -0.2) is 4.98 Å². The minimum absolute atomic E-state index is 0.0672. The van der Waals surface area contributed by atoms with E-state index in [0.29, 0.717) is 36.6 Å². The molecule has 0 aliphatic heterocycles. The van der Waals surface area contributed by atoms with Crippen LogP contribution in [0.15, 0.2) is 48.7 Å². The molecule has 2 aromatic carbocycles. The van der Waals surface area contributed by atoms with Crippen molar-refractivity contribution in [1.82, 2.24) is 10.3 Å². The number of allylic oxidation sites excluding steroid dienone is 1. The number of carbonyl (C=O) groups excluding carboxylic acids is 2. The van der Waals surface area contributed by atoms with Crippen LogP contribution in [0, 0.1) is 19.8 Å². The first-order chi connectivity index (χ1) is 21.1. The van der Waals surface area contributed by atoms with Gasteiger partial charge < -0.3 is 26.0 Å². The smallest absolute Gasteiger partial charge is 0.186 e. The Hall–Kier alpha value is -4.01. The minimum atomic E-state index is -0.610. The van der Waals surface area contributed by atoms with Crippen LogP contribution in [0.3, 0.4) is 0 Å². The number of Topliss-reactive ketones (excluding diaryl/α,β-unsaturated/α-hetero) is 1. The Balaban J connectivity index is 1.70. The molecule has 3 aromatic rings. The van der Waals surface area contributed by atoms with E-state index in [1.54, 1.807) is 24.4 Å². The predicted molar refractivity (Wildman–Crippen MR) is 176 cm³/mol. The number of nitrogens with two attached hydrogens (primary N) is 1. The number of hydrogen-bond acceptors (Lipinski definition) is 8. The van der Waals surface area contributed by atoms with Gasteiger partial charge in [-0.3, -0.25) is 9.59 Å². The summed E-state index contributed by atoms with van der Waals surface area (Å²) in [6.07, 6.45) is 9.95. The number of ether oxygens (including phenoxy) is 1. The molecule has 44 heavy (non-hydrogen) atoms. The van der Waals surface area contributed by atoms with Crippen molar-refractivity contribution in [2.24, 2.45) is 5.92 Å². The lowest BCUT2D eigenvalue weighted by Crippen LogP contribution is -2.15. The lowest BCUT2D eigenvalue weighted by Gasteiger charge is -2.13. The van der Waals surface area contributed by atoms with Crippen molar-refractivity contribution < 1.29 is 24.5 Å². The molecule has 0 radical (unpaired) electrons. The molecule has 0 aliphatic carbocycles. The molecule has 0 aliphatic rings. The van der Waals surface area contributed by atoms with E-state index in [4.69, 9.17) is 10.5 Å². The number of anilines is 1.